The highest BCUT2D eigenvalue weighted by molar-refractivity contribution is 6.29. The number of aromatic nitrogens is 3. The minimum Gasteiger partial charge on any atom is -0.480 e. The van der Waals surface area contributed by atoms with Gasteiger partial charge in [-0.2, -0.15) is 0 Å². The highest BCUT2D eigenvalue weighted by atomic mass is 35.5. The Morgan fingerprint density at radius 1 is 1.11 bits per heavy atom. The number of nitrogens with zero attached hydrogens (tertiary/aromatic N) is 3. The van der Waals surface area contributed by atoms with Crippen LogP contribution in [-0.2, 0) is 4.74 Å². The molecular formula is C18H19ClN4O4. The maximum absolute atomic E-state index is 12.0. The summed E-state index contributed by atoms with van der Waals surface area (Å²) in [5.41, 5.74) is 0.487. The van der Waals surface area contributed by atoms with Gasteiger partial charge < -0.3 is 14.2 Å². The molecule has 2 heterocycles. The number of nitrogens with one attached hydrogen (secondary N) is 1. The fourth-order valence-corrected chi connectivity index (χ4v) is 2.10. The van der Waals surface area contributed by atoms with Crippen molar-refractivity contribution in [2.24, 2.45) is 0 Å². The van der Waals surface area contributed by atoms with Gasteiger partial charge in [0.1, 0.15) is 22.6 Å². The number of pyridine rings is 1. The maximum atomic E-state index is 12.0. The van der Waals surface area contributed by atoms with Crippen LogP contribution in [0.2, 0.25) is 5.15 Å². The molecule has 0 atom stereocenters. The molecule has 0 unspecified atom stereocenters. The lowest BCUT2D eigenvalue weighted by Gasteiger charge is -2.19. The van der Waals surface area contributed by atoms with Crippen LogP contribution in [0.5, 0.6) is 11.8 Å². The summed E-state index contributed by atoms with van der Waals surface area (Å²) in [6, 6.07) is 1.52. The zero-order valence-corrected chi connectivity index (χ0v) is 16.3. The number of hydrogen-bond donors (Lipinski definition) is 1. The van der Waals surface area contributed by atoms with Crippen LogP contribution in [0.4, 0.5) is 10.5 Å². The second-order valence-electron chi connectivity index (χ2n) is 6.20. The Bertz CT molecular complexity index is 878. The number of carbonyl (C=O) groups excluding carboxylic acids is 1. The fraction of sp³-hybridized carbons (Fsp3) is 0.333. The first-order valence-electron chi connectivity index (χ1n) is 7.84. The highest BCUT2D eigenvalue weighted by Gasteiger charge is 2.17. The van der Waals surface area contributed by atoms with Crippen molar-refractivity contribution in [3.05, 3.63) is 34.9 Å². The zero-order valence-electron chi connectivity index (χ0n) is 15.6. The number of carbonyl (C=O) groups is 1. The molecule has 2 aromatic rings. The minimum atomic E-state index is -0.641. The predicted molar refractivity (Wildman–Crippen MR) is 100 cm³/mol. The van der Waals surface area contributed by atoms with Crippen molar-refractivity contribution < 1.29 is 19.0 Å². The first-order chi connectivity index (χ1) is 12.7. The topological polar surface area (TPSA) is 95.5 Å². The van der Waals surface area contributed by atoms with Crippen LogP contribution in [0.3, 0.4) is 0 Å². The molecule has 0 aliphatic carbocycles. The number of hydrogen-bond acceptors (Lipinski definition) is 7. The molecule has 0 saturated carbocycles. The Morgan fingerprint density at radius 3 is 2.30 bits per heavy atom. The number of anilines is 1. The lowest BCUT2D eigenvalue weighted by Crippen LogP contribution is -2.27. The monoisotopic (exact) mass is 390 g/mol. The van der Waals surface area contributed by atoms with E-state index in [1.807, 2.05) is 0 Å². The summed E-state index contributed by atoms with van der Waals surface area (Å²) >= 11 is 5.96. The quantitative estimate of drug-likeness (QED) is 0.634. The smallest absolute Gasteiger partial charge is 0.412 e. The Balaban J connectivity index is 2.40. The molecule has 0 aliphatic rings. The van der Waals surface area contributed by atoms with Crippen molar-refractivity contribution in [3.63, 3.8) is 0 Å². The second kappa shape index (κ2) is 8.56. The van der Waals surface area contributed by atoms with Gasteiger partial charge in [-0.1, -0.05) is 23.4 Å². The van der Waals surface area contributed by atoms with E-state index in [1.165, 1.54) is 32.8 Å². The summed E-state index contributed by atoms with van der Waals surface area (Å²) in [7, 11) is 2.93. The third kappa shape index (κ3) is 5.72. The fourth-order valence-electron chi connectivity index (χ4n) is 1.95. The van der Waals surface area contributed by atoms with Gasteiger partial charge in [-0.25, -0.2) is 19.7 Å². The third-order valence-electron chi connectivity index (χ3n) is 2.99. The van der Waals surface area contributed by atoms with E-state index in [4.69, 9.17) is 25.8 Å². The highest BCUT2D eigenvalue weighted by Crippen LogP contribution is 2.23. The summed E-state index contributed by atoms with van der Waals surface area (Å²) in [6.45, 7) is 5.30. The van der Waals surface area contributed by atoms with Gasteiger partial charge in [-0.3, -0.25) is 5.32 Å². The van der Waals surface area contributed by atoms with Gasteiger partial charge in [0, 0.05) is 0 Å². The molecule has 8 nitrogen and oxygen atoms in total. The van der Waals surface area contributed by atoms with Gasteiger partial charge in [0.2, 0.25) is 11.8 Å². The molecule has 2 rings (SSSR count). The molecule has 0 radical (unpaired) electrons. The Hall–Kier alpha value is -3.05. The van der Waals surface area contributed by atoms with Gasteiger partial charge in [-0.15, -0.1) is 0 Å². The van der Waals surface area contributed by atoms with Gasteiger partial charge in [-0.05, 0) is 26.8 Å². The normalized spacial score (nSPS) is 10.4. The number of ether oxygens (including phenoxy) is 3. The molecule has 0 fully saturated rings. The largest absolute Gasteiger partial charge is 0.480 e. The van der Waals surface area contributed by atoms with Crippen LogP contribution < -0.4 is 14.8 Å². The summed E-state index contributed by atoms with van der Waals surface area (Å²) in [5.74, 6) is 6.31. The van der Waals surface area contributed by atoms with Crippen LogP contribution >= 0.6 is 11.6 Å². The van der Waals surface area contributed by atoms with Crippen molar-refractivity contribution in [3.8, 4) is 23.6 Å². The average Bonchev–Trinajstić information content (AvgIpc) is 2.59. The van der Waals surface area contributed by atoms with Gasteiger partial charge >= 0.3 is 6.09 Å². The number of amides is 1. The molecule has 0 aliphatic heterocycles. The van der Waals surface area contributed by atoms with Gasteiger partial charge in [0.05, 0.1) is 31.7 Å². The van der Waals surface area contributed by atoms with E-state index in [0.717, 1.165) is 0 Å². The molecule has 142 valence electrons. The lowest BCUT2D eigenvalue weighted by atomic mass is 10.2. The van der Waals surface area contributed by atoms with Crippen molar-refractivity contribution >= 4 is 23.4 Å². The van der Waals surface area contributed by atoms with E-state index in [-0.39, 0.29) is 16.9 Å². The molecule has 0 aromatic carbocycles. The average molecular weight is 391 g/mol. The lowest BCUT2D eigenvalue weighted by molar-refractivity contribution is 0.0636. The van der Waals surface area contributed by atoms with Crippen LogP contribution in [0.25, 0.3) is 0 Å². The molecule has 9 heteroatoms. The molecule has 1 N–H and O–H groups in total. The minimum absolute atomic E-state index is 0.220. The molecule has 1 amide bonds. The van der Waals surface area contributed by atoms with E-state index >= 15 is 0 Å². The van der Waals surface area contributed by atoms with Crippen LogP contribution in [0.15, 0.2) is 18.6 Å². The molecular weight excluding hydrogens is 372 g/mol. The van der Waals surface area contributed by atoms with Crippen molar-refractivity contribution in [1.82, 2.24) is 15.0 Å². The summed E-state index contributed by atoms with van der Waals surface area (Å²) in [4.78, 5) is 24.0. The van der Waals surface area contributed by atoms with E-state index in [9.17, 15) is 4.79 Å². The van der Waals surface area contributed by atoms with E-state index in [2.05, 4.69) is 32.1 Å². The van der Waals surface area contributed by atoms with Crippen LogP contribution in [-0.4, -0.2) is 40.9 Å². The zero-order chi connectivity index (χ0) is 20.0. The van der Waals surface area contributed by atoms with E-state index in [0.29, 0.717) is 16.8 Å². The molecule has 0 saturated heterocycles. The number of halogens is 1. The molecule has 27 heavy (non-hydrogen) atoms. The molecule has 0 spiro atoms. The number of rotatable bonds is 3. The molecule has 0 bridgehead atoms. The predicted octanol–water partition coefficient (Wildman–Crippen LogP) is 3.29. The SMILES string of the molecule is COc1ncnc(OC)c1C#Cc1cc(Cl)ncc1NC(=O)OC(C)(C)C. The van der Waals surface area contributed by atoms with Crippen molar-refractivity contribution in [1.29, 1.82) is 0 Å². The van der Waals surface area contributed by atoms with Gasteiger partial charge in [0.15, 0.2) is 0 Å². The number of methoxy groups -OCH3 is 2. The first-order valence-corrected chi connectivity index (χ1v) is 8.22. The Kier molecular flexibility index (Phi) is 6.42. The van der Waals surface area contributed by atoms with Crippen LogP contribution in [0.1, 0.15) is 31.9 Å². The second-order valence-corrected chi connectivity index (χ2v) is 6.58. The molecule has 2 aromatic heterocycles. The van der Waals surface area contributed by atoms with Crippen molar-refractivity contribution in [2.75, 3.05) is 19.5 Å². The standard InChI is InChI=1S/C18H19ClN4O4/c1-18(2,3)27-17(24)23-13-9-20-14(19)8-11(13)6-7-12-15(25-4)21-10-22-16(12)26-5/h8-10H,1-5H3,(H,23,24). The Morgan fingerprint density at radius 2 is 1.74 bits per heavy atom. The van der Waals surface area contributed by atoms with Crippen LogP contribution in [0, 0.1) is 11.8 Å². The summed E-state index contributed by atoms with van der Waals surface area (Å²) in [6.07, 6.45) is 2.07. The Labute approximate surface area is 162 Å². The van der Waals surface area contributed by atoms with Crippen molar-refractivity contribution in [2.45, 2.75) is 26.4 Å². The van der Waals surface area contributed by atoms with E-state index < -0.39 is 11.7 Å². The summed E-state index contributed by atoms with van der Waals surface area (Å²) < 4.78 is 15.6. The third-order valence-corrected chi connectivity index (χ3v) is 3.20. The first kappa shape index (κ1) is 20.3. The van der Waals surface area contributed by atoms with E-state index in [1.54, 1.807) is 20.8 Å². The summed E-state index contributed by atoms with van der Waals surface area (Å²) in [5, 5.41) is 2.83. The maximum Gasteiger partial charge on any atom is 0.412 e. The van der Waals surface area contributed by atoms with Gasteiger partial charge in [0.25, 0.3) is 0 Å².